The number of aldehydes is 1. The Balaban J connectivity index is 0.00000466. The van der Waals surface area contributed by atoms with Gasteiger partial charge in [-0.3, -0.25) is 4.79 Å². The molecule has 1 aromatic carbocycles. The molecule has 1 amide bonds. The van der Waals surface area contributed by atoms with Crippen LogP contribution in [0.2, 0.25) is 0 Å². The molecule has 1 aromatic rings. The summed E-state index contributed by atoms with van der Waals surface area (Å²) in [7, 11) is 1.00. The third-order valence-corrected chi connectivity index (χ3v) is 5.47. The van der Waals surface area contributed by atoms with Gasteiger partial charge in [-0.2, -0.15) is 0 Å². The van der Waals surface area contributed by atoms with Gasteiger partial charge < -0.3 is 15.2 Å². The first-order valence-electron chi connectivity index (χ1n) is 12.6. The molecule has 0 aliphatic heterocycles. The molecule has 0 bridgehead atoms. The van der Waals surface area contributed by atoms with E-state index in [1.54, 1.807) is 0 Å². The number of nitrogens with one attached hydrogen (secondary N) is 1. The summed E-state index contributed by atoms with van der Waals surface area (Å²) in [6.45, 7) is 2.26. The number of hydrogen-bond acceptors (Lipinski definition) is 3. The maximum atomic E-state index is 12.1. The Bertz CT molecular complexity index is 571. The Morgan fingerprint density at radius 2 is 1.38 bits per heavy atom. The lowest BCUT2D eigenvalue weighted by atomic mass is 10.1. The second-order valence-corrected chi connectivity index (χ2v) is 8.33. The monoisotopic (exact) mass is 445 g/mol. The molecule has 32 heavy (non-hydrogen) atoms. The quantitative estimate of drug-likeness (QED) is 0.144. The van der Waals surface area contributed by atoms with Gasteiger partial charge in [0.2, 0.25) is 5.91 Å². The third kappa shape index (κ3) is 18.8. The lowest BCUT2D eigenvalue weighted by Crippen LogP contribution is -2.37. The SMILES string of the molecule is CCCCCCCC/C=C\CCCCCCCC(=O)NC(C=O)Cc1ccccc1.CO. The molecule has 0 saturated heterocycles. The van der Waals surface area contributed by atoms with Crippen LogP contribution in [-0.4, -0.2) is 30.5 Å². The van der Waals surface area contributed by atoms with Crippen LogP contribution in [-0.2, 0) is 16.0 Å². The van der Waals surface area contributed by atoms with Crippen molar-refractivity contribution in [3.8, 4) is 0 Å². The van der Waals surface area contributed by atoms with Crippen LogP contribution >= 0.6 is 0 Å². The van der Waals surface area contributed by atoms with Crippen molar-refractivity contribution in [3.63, 3.8) is 0 Å². The maximum Gasteiger partial charge on any atom is 0.220 e. The van der Waals surface area contributed by atoms with Gasteiger partial charge in [0.05, 0.1) is 6.04 Å². The van der Waals surface area contributed by atoms with Gasteiger partial charge in [0.1, 0.15) is 6.29 Å². The summed E-state index contributed by atoms with van der Waals surface area (Å²) >= 11 is 0. The zero-order valence-electron chi connectivity index (χ0n) is 20.6. The van der Waals surface area contributed by atoms with E-state index < -0.39 is 6.04 Å². The Hall–Kier alpha value is -1.94. The fourth-order valence-electron chi connectivity index (χ4n) is 3.64. The number of aliphatic hydroxyl groups is 1. The van der Waals surface area contributed by atoms with Crippen LogP contribution in [0.15, 0.2) is 42.5 Å². The number of amides is 1. The summed E-state index contributed by atoms with van der Waals surface area (Å²) in [5.41, 5.74) is 1.07. The lowest BCUT2D eigenvalue weighted by Gasteiger charge is -2.12. The summed E-state index contributed by atoms with van der Waals surface area (Å²) in [6.07, 6.45) is 22.8. The summed E-state index contributed by atoms with van der Waals surface area (Å²) in [4.78, 5) is 23.3. The number of carbonyl (C=O) groups excluding carboxylic acids is 2. The van der Waals surface area contributed by atoms with Gasteiger partial charge in [-0.25, -0.2) is 0 Å². The van der Waals surface area contributed by atoms with Crippen LogP contribution in [0.5, 0.6) is 0 Å². The second-order valence-electron chi connectivity index (χ2n) is 8.33. The minimum Gasteiger partial charge on any atom is -0.400 e. The number of hydrogen-bond donors (Lipinski definition) is 2. The van der Waals surface area contributed by atoms with Crippen LogP contribution in [0.1, 0.15) is 102 Å². The minimum absolute atomic E-state index is 0.0133. The average Bonchev–Trinajstić information content (AvgIpc) is 2.83. The van der Waals surface area contributed by atoms with Crippen molar-refractivity contribution in [1.29, 1.82) is 0 Å². The molecule has 182 valence electrons. The molecular weight excluding hydrogens is 398 g/mol. The largest absolute Gasteiger partial charge is 0.400 e. The van der Waals surface area contributed by atoms with Gasteiger partial charge in [0.25, 0.3) is 0 Å². The highest BCUT2D eigenvalue weighted by atomic mass is 16.2. The number of unbranched alkanes of at least 4 members (excludes halogenated alkanes) is 11. The molecule has 1 unspecified atom stereocenters. The van der Waals surface area contributed by atoms with Crippen molar-refractivity contribution >= 4 is 12.2 Å². The zero-order chi connectivity index (χ0) is 23.7. The van der Waals surface area contributed by atoms with Crippen LogP contribution in [0, 0.1) is 0 Å². The van der Waals surface area contributed by atoms with Gasteiger partial charge in [-0.1, -0.05) is 101 Å². The summed E-state index contributed by atoms with van der Waals surface area (Å²) in [5, 5.41) is 9.85. The van der Waals surface area contributed by atoms with Crippen LogP contribution < -0.4 is 5.32 Å². The first-order chi connectivity index (χ1) is 15.8. The van der Waals surface area contributed by atoms with Gasteiger partial charge in [0, 0.05) is 13.5 Å². The summed E-state index contributed by atoms with van der Waals surface area (Å²) in [6, 6.07) is 9.38. The van der Waals surface area contributed by atoms with Crippen LogP contribution in [0.25, 0.3) is 0 Å². The van der Waals surface area contributed by atoms with E-state index in [2.05, 4.69) is 24.4 Å². The minimum atomic E-state index is -0.428. The molecule has 4 heteroatoms. The first kappa shape index (κ1) is 30.1. The third-order valence-electron chi connectivity index (χ3n) is 5.47. The van der Waals surface area contributed by atoms with E-state index in [1.165, 1.54) is 70.6 Å². The van der Waals surface area contributed by atoms with Crippen LogP contribution in [0.4, 0.5) is 0 Å². The molecule has 4 nitrogen and oxygen atoms in total. The average molecular weight is 446 g/mol. The fraction of sp³-hybridized carbons (Fsp3) is 0.643. The fourth-order valence-corrected chi connectivity index (χ4v) is 3.64. The van der Waals surface area contributed by atoms with Crippen molar-refractivity contribution in [1.82, 2.24) is 5.32 Å². The Morgan fingerprint density at radius 3 is 1.94 bits per heavy atom. The Labute approximate surface area is 196 Å². The van der Waals surface area contributed by atoms with Gasteiger partial charge in [-0.15, -0.1) is 0 Å². The molecule has 0 radical (unpaired) electrons. The Kier molecular flexibility index (Phi) is 22.3. The second kappa shape index (κ2) is 23.7. The van der Waals surface area contributed by atoms with E-state index in [0.29, 0.717) is 12.8 Å². The predicted molar refractivity (Wildman–Crippen MR) is 136 cm³/mol. The molecule has 0 spiro atoms. The van der Waals surface area contributed by atoms with Gasteiger partial charge in [-0.05, 0) is 44.1 Å². The lowest BCUT2D eigenvalue weighted by molar-refractivity contribution is -0.124. The Morgan fingerprint density at radius 1 is 0.844 bits per heavy atom. The van der Waals surface area contributed by atoms with E-state index in [-0.39, 0.29) is 5.91 Å². The number of rotatable bonds is 19. The number of aliphatic hydroxyl groups excluding tert-OH is 1. The van der Waals surface area contributed by atoms with Gasteiger partial charge >= 0.3 is 0 Å². The topological polar surface area (TPSA) is 66.4 Å². The molecule has 0 heterocycles. The molecule has 0 saturated carbocycles. The van der Waals surface area contributed by atoms with Crippen molar-refractivity contribution in [3.05, 3.63) is 48.0 Å². The highest BCUT2D eigenvalue weighted by molar-refractivity contribution is 5.79. The number of carbonyl (C=O) groups is 2. The molecule has 0 fully saturated rings. The smallest absolute Gasteiger partial charge is 0.220 e. The molecule has 0 aliphatic rings. The summed E-state index contributed by atoms with van der Waals surface area (Å²) in [5.74, 6) is -0.0133. The standard InChI is InChI=1S/C27H43NO2.CH4O/c1-2-3-4-5-6-7-8-9-10-11-12-13-14-15-19-22-27(30)28-26(24-29)23-25-20-17-16-18-21-25;1-2/h9-10,16-18,20-21,24,26H,2-8,11-15,19,22-23H2,1H3,(H,28,30);2H,1H3/b10-9-;. The maximum absolute atomic E-state index is 12.1. The molecular formula is C28H47NO3. The van der Waals surface area contributed by atoms with E-state index in [9.17, 15) is 9.59 Å². The number of allylic oxidation sites excluding steroid dienone is 2. The van der Waals surface area contributed by atoms with Crippen molar-refractivity contribution in [2.75, 3.05) is 7.11 Å². The molecule has 0 aromatic heterocycles. The highest BCUT2D eigenvalue weighted by Crippen LogP contribution is 2.10. The van der Waals surface area contributed by atoms with Crippen LogP contribution in [0.3, 0.4) is 0 Å². The van der Waals surface area contributed by atoms with Crippen molar-refractivity contribution in [2.45, 2.75) is 109 Å². The van der Waals surface area contributed by atoms with Crippen molar-refractivity contribution < 1.29 is 14.7 Å². The molecule has 0 aliphatic carbocycles. The predicted octanol–water partition coefficient (Wildman–Crippen LogP) is 6.56. The molecule has 1 atom stereocenters. The highest BCUT2D eigenvalue weighted by Gasteiger charge is 2.11. The van der Waals surface area contributed by atoms with E-state index in [0.717, 1.165) is 31.8 Å². The normalized spacial score (nSPS) is 11.6. The van der Waals surface area contributed by atoms with Crippen molar-refractivity contribution in [2.24, 2.45) is 0 Å². The zero-order valence-corrected chi connectivity index (χ0v) is 20.6. The first-order valence-corrected chi connectivity index (χ1v) is 12.6. The van der Waals surface area contributed by atoms with Gasteiger partial charge in [0.15, 0.2) is 0 Å². The summed E-state index contributed by atoms with van der Waals surface area (Å²) < 4.78 is 0. The molecule has 1 rings (SSSR count). The molecule has 2 N–H and O–H groups in total. The van der Waals surface area contributed by atoms with E-state index in [1.807, 2.05) is 30.3 Å². The van der Waals surface area contributed by atoms with E-state index >= 15 is 0 Å². The number of benzene rings is 1. The van der Waals surface area contributed by atoms with E-state index in [4.69, 9.17) is 5.11 Å².